The minimum absolute atomic E-state index is 0.458. The van der Waals surface area contributed by atoms with Crippen molar-refractivity contribution in [3.05, 3.63) is 18.0 Å². The predicted octanol–water partition coefficient (Wildman–Crippen LogP) is 2.35. The van der Waals surface area contributed by atoms with Gasteiger partial charge in [-0.2, -0.15) is 5.10 Å². The van der Waals surface area contributed by atoms with Crippen LogP contribution >= 0.6 is 0 Å². The Morgan fingerprint density at radius 2 is 2.29 bits per heavy atom. The number of nitrogens with zero attached hydrogens (tertiary/aromatic N) is 2. The average Bonchev–Trinajstić information content (AvgIpc) is 2.61. The average molecular weight is 195 g/mol. The van der Waals surface area contributed by atoms with Gasteiger partial charge in [-0.3, -0.25) is 4.68 Å². The Balaban J connectivity index is 2.29. The fourth-order valence-electron chi connectivity index (χ4n) is 1.29. The third kappa shape index (κ3) is 3.50. The van der Waals surface area contributed by atoms with Gasteiger partial charge >= 0.3 is 0 Å². The molecular formula is C11H21N3. The summed E-state index contributed by atoms with van der Waals surface area (Å²) in [5, 5.41) is 7.69. The Hall–Kier alpha value is -0.830. The maximum absolute atomic E-state index is 4.29. The zero-order valence-electron chi connectivity index (χ0n) is 9.45. The lowest BCUT2D eigenvalue weighted by Crippen LogP contribution is -2.13. The summed E-state index contributed by atoms with van der Waals surface area (Å²) in [5.41, 5.74) is 1.27. The van der Waals surface area contributed by atoms with Gasteiger partial charge in [0.2, 0.25) is 0 Å². The van der Waals surface area contributed by atoms with Crippen LogP contribution in [0.15, 0.2) is 12.4 Å². The second-order valence-electron chi connectivity index (χ2n) is 3.95. The van der Waals surface area contributed by atoms with E-state index >= 15 is 0 Å². The van der Waals surface area contributed by atoms with Gasteiger partial charge in [-0.25, -0.2) is 0 Å². The van der Waals surface area contributed by atoms with Gasteiger partial charge in [0.05, 0.1) is 6.20 Å². The number of hydrogen-bond donors (Lipinski definition) is 1. The zero-order chi connectivity index (χ0) is 10.4. The van der Waals surface area contributed by atoms with Crippen LogP contribution in [-0.2, 0) is 6.54 Å². The monoisotopic (exact) mass is 195 g/mol. The van der Waals surface area contributed by atoms with E-state index in [9.17, 15) is 0 Å². The van der Waals surface area contributed by atoms with Crippen LogP contribution in [0.4, 0.5) is 0 Å². The summed E-state index contributed by atoms with van der Waals surface area (Å²) in [6.07, 6.45) is 6.55. The molecule has 14 heavy (non-hydrogen) atoms. The third-order valence-corrected chi connectivity index (χ3v) is 2.22. The van der Waals surface area contributed by atoms with Crippen LogP contribution in [0.2, 0.25) is 0 Å². The Labute approximate surface area is 86.5 Å². The molecule has 1 aromatic heterocycles. The molecule has 0 spiro atoms. The van der Waals surface area contributed by atoms with Crippen molar-refractivity contribution in [2.24, 2.45) is 0 Å². The van der Waals surface area contributed by atoms with Gasteiger partial charge in [-0.15, -0.1) is 0 Å². The van der Waals surface area contributed by atoms with Gasteiger partial charge in [0.25, 0.3) is 0 Å². The number of nitrogens with one attached hydrogen (secondary N) is 1. The van der Waals surface area contributed by atoms with E-state index in [4.69, 9.17) is 0 Å². The van der Waals surface area contributed by atoms with Gasteiger partial charge < -0.3 is 5.32 Å². The Kier molecular flexibility index (Phi) is 4.66. The first-order valence-electron chi connectivity index (χ1n) is 5.47. The number of unbranched alkanes of at least 4 members (excludes halogenated alkanes) is 1. The molecule has 3 heteroatoms. The fraction of sp³-hybridized carbons (Fsp3) is 0.727. The highest BCUT2D eigenvalue weighted by atomic mass is 15.3. The van der Waals surface area contributed by atoms with Gasteiger partial charge in [0.15, 0.2) is 0 Å². The van der Waals surface area contributed by atoms with Crippen LogP contribution in [0.5, 0.6) is 0 Å². The first-order chi connectivity index (χ1) is 6.74. The van der Waals surface area contributed by atoms with Gasteiger partial charge in [-0.05, 0) is 26.8 Å². The van der Waals surface area contributed by atoms with E-state index in [-0.39, 0.29) is 0 Å². The zero-order valence-corrected chi connectivity index (χ0v) is 9.45. The molecule has 0 bridgehead atoms. The van der Waals surface area contributed by atoms with Crippen LogP contribution in [0.25, 0.3) is 0 Å². The largest absolute Gasteiger partial charge is 0.313 e. The lowest BCUT2D eigenvalue weighted by molar-refractivity contribution is 0.531. The molecule has 80 valence electrons. The Bertz CT molecular complexity index is 253. The third-order valence-electron chi connectivity index (χ3n) is 2.22. The van der Waals surface area contributed by atoms with Gasteiger partial charge in [-0.1, -0.05) is 13.3 Å². The maximum atomic E-state index is 4.29. The molecule has 0 radical (unpaired) electrons. The maximum Gasteiger partial charge on any atom is 0.0534 e. The van der Waals surface area contributed by atoms with E-state index in [1.165, 1.54) is 18.4 Å². The second-order valence-corrected chi connectivity index (χ2v) is 3.95. The molecule has 0 saturated heterocycles. The molecule has 1 N–H and O–H groups in total. The molecule has 1 heterocycles. The lowest BCUT2D eigenvalue weighted by atomic mass is 10.3. The summed E-state index contributed by atoms with van der Waals surface area (Å²) in [7, 11) is 0. The highest BCUT2D eigenvalue weighted by Gasteiger charge is 2.00. The van der Waals surface area contributed by atoms with Crippen molar-refractivity contribution in [1.82, 2.24) is 15.1 Å². The fourth-order valence-corrected chi connectivity index (χ4v) is 1.29. The number of aromatic nitrogens is 2. The van der Waals surface area contributed by atoms with Crippen LogP contribution in [0, 0.1) is 0 Å². The summed E-state index contributed by atoms with van der Waals surface area (Å²) in [6.45, 7) is 8.52. The topological polar surface area (TPSA) is 29.9 Å². The van der Waals surface area contributed by atoms with Crippen LogP contribution in [0.3, 0.4) is 0 Å². The van der Waals surface area contributed by atoms with Crippen molar-refractivity contribution in [3.8, 4) is 0 Å². The molecule has 1 aromatic rings. The first kappa shape index (κ1) is 11.2. The van der Waals surface area contributed by atoms with Crippen molar-refractivity contribution in [2.75, 3.05) is 6.54 Å². The molecule has 0 aliphatic rings. The molecule has 1 rings (SSSR count). The van der Waals surface area contributed by atoms with Crippen molar-refractivity contribution in [1.29, 1.82) is 0 Å². The SMILES string of the molecule is CCCCNCc1cnn(C(C)C)c1. The van der Waals surface area contributed by atoms with Crippen molar-refractivity contribution >= 4 is 0 Å². The van der Waals surface area contributed by atoms with Crippen LogP contribution in [-0.4, -0.2) is 16.3 Å². The minimum atomic E-state index is 0.458. The normalized spacial score (nSPS) is 11.1. The minimum Gasteiger partial charge on any atom is -0.313 e. The molecule has 0 unspecified atom stereocenters. The lowest BCUT2D eigenvalue weighted by Gasteiger charge is -2.03. The predicted molar refractivity (Wildman–Crippen MR) is 59.2 cm³/mol. The molecule has 0 saturated carbocycles. The van der Waals surface area contributed by atoms with Crippen LogP contribution in [0.1, 0.15) is 45.2 Å². The molecular weight excluding hydrogens is 174 g/mol. The van der Waals surface area contributed by atoms with E-state index in [2.05, 4.69) is 37.4 Å². The Morgan fingerprint density at radius 3 is 2.86 bits per heavy atom. The van der Waals surface area contributed by atoms with Crippen molar-refractivity contribution < 1.29 is 0 Å². The van der Waals surface area contributed by atoms with E-state index in [1.54, 1.807) is 0 Å². The van der Waals surface area contributed by atoms with Crippen molar-refractivity contribution in [3.63, 3.8) is 0 Å². The summed E-state index contributed by atoms with van der Waals surface area (Å²) < 4.78 is 2.00. The highest BCUT2D eigenvalue weighted by molar-refractivity contribution is 5.03. The molecule has 0 aliphatic carbocycles. The van der Waals surface area contributed by atoms with Crippen LogP contribution < -0.4 is 5.32 Å². The summed E-state index contributed by atoms with van der Waals surface area (Å²) >= 11 is 0. The molecule has 0 amide bonds. The second kappa shape index (κ2) is 5.81. The van der Waals surface area contributed by atoms with Gasteiger partial charge in [0, 0.05) is 24.3 Å². The number of rotatable bonds is 6. The van der Waals surface area contributed by atoms with Gasteiger partial charge in [0.1, 0.15) is 0 Å². The Morgan fingerprint density at radius 1 is 1.50 bits per heavy atom. The number of hydrogen-bond acceptors (Lipinski definition) is 2. The van der Waals surface area contributed by atoms with E-state index < -0.39 is 0 Å². The smallest absolute Gasteiger partial charge is 0.0534 e. The standard InChI is InChI=1S/C11H21N3/c1-4-5-6-12-7-11-8-13-14(9-11)10(2)3/h8-10,12H,4-7H2,1-3H3. The molecule has 0 aliphatic heterocycles. The molecule has 0 fully saturated rings. The summed E-state index contributed by atoms with van der Waals surface area (Å²) in [6, 6.07) is 0.458. The van der Waals surface area contributed by atoms with Crippen molar-refractivity contribution in [2.45, 2.75) is 46.2 Å². The summed E-state index contributed by atoms with van der Waals surface area (Å²) in [4.78, 5) is 0. The summed E-state index contributed by atoms with van der Waals surface area (Å²) in [5.74, 6) is 0. The molecule has 0 atom stereocenters. The van der Waals surface area contributed by atoms with E-state index in [1.807, 2.05) is 10.9 Å². The molecule has 0 aromatic carbocycles. The first-order valence-corrected chi connectivity index (χ1v) is 5.47. The quantitative estimate of drug-likeness (QED) is 0.706. The van der Waals surface area contributed by atoms with E-state index in [0.717, 1.165) is 13.1 Å². The van der Waals surface area contributed by atoms with E-state index in [0.29, 0.717) is 6.04 Å². The highest BCUT2D eigenvalue weighted by Crippen LogP contribution is 2.04. The molecule has 3 nitrogen and oxygen atoms in total.